The van der Waals surface area contributed by atoms with Gasteiger partial charge in [0, 0.05) is 36.8 Å². The minimum absolute atomic E-state index is 0.0647. The van der Waals surface area contributed by atoms with Crippen LogP contribution in [0.2, 0.25) is 10.0 Å². The molecule has 0 N–H and O–H groups in total. The summed E-state index contributed by atoms with van der Waals surface area (Å²) in [5.41, 5.74) is 0.972. The minimum Gasteiger partial charge on any atom is -0.367 e. The molecular weight excluding hydrogens is 442 g/mol. The van der Waals surface area contributed by atoms with Gasteiger partial charge in [0.15, 0.2) is 0 Å². The summed E-state index contributed by atoms with van der Waals surface area (Å²) in [6, 6.07) is 12.4. The molecule has 1 saturated heterocycles. The van der Waals surface area contributed by atoms with E-state index in [1.807, 2.05) is 4.90 Å². The Labute approximate surface area is 188 Å². The van der Waals surface area contributed by atoms with Crippen LogP contribution in [-0.4, -0.2) is 46.8 Å². The summed E-state index contributed by atoms with van der Waals surface area (Å²) in [6.45, 7) is 2.04. The van der Waals surface area contributed by atoms with Crippen molar-refractivity contribution < 1.29 is 9.18 Å². The molecule has 3 aromatic rings. The smallest absolute Gasteiger partial charge is 0.292 e. The van der Waals surface area contributed by atoms with Crippen LogP contribution in [0.15, 0.2) is 59.5 Å². The second kappa shape index (κ2) is 9.08. The van der Waals surface area contributed by atoms with E-state index in [1.54, 1.807) is 41.4 Å². The Balaban J connectivity index is 1.53. The molecule has 0 aliphatic carbocycles. The molecule has 0 bridgehead atoms. The summed E-state index contributed by atoms with van der Waals surface area (Å²) in [4.78, 5) is 29.2. The van der Waals surface area contributed by atoms with Crippen molar-refractivity contribution in [2.45, 2.75) is 6.42 Å². The number of benzene rings is 2. The quantitative estimate of drug-likeness (QED) is 0.591. The Morgan fingerprint density at radius 3 is 2.52 bits per heavy atom. The summed E-state index contributed by atoms with van der Waals surface area (Å²) < 4.78 is 14.7. The van der Waals surface area contributed by atoms with Crippen molar-refractivity contribution in [2.24, 2.45) is 0 Å². The Morgan fingerprint density at radius 1 is 1.00 bits per heavy atom. The van der Waals surface area contributed by atoms with Crippen LogP contribution in [0.3, 0.4) is 0 Å². The van der Waals surface area contributed by atoms with Crippen molar-refractivity contribution in [2.75, 3.05) is 31.1 Å². The van der Waals surface area contributed by atoms with Gasteiger partial charge in [-0.1, -0.05) is 29.3 Å². The van der Waals surface area contributed by atoms with Gasteiger partial charge in [-0.25, -0.2) is 4.39 Å². The van der Waals surface area contributed by atoms with Crippen molar-refractivity contribution in [1.82, 2.24) is 14.7 Å². The average molecular weight is 461 g/mol. The molecule has 1 amide bonds. The number of amides is 1. The van der Waals surface area contributed by atoms with Crippen LogP contribution in [0, 0.1) is 5.82 Å². The van der Waals surface area contributed by atoms with Crippen molar-refractivity contribution >= 4 is 34.8 Å². The Morgan fingerprint density at radius 2 is 1.77 bits per heavy atom. The highest BCUT2D eigenvalue weighted by Gasteiger charge is 2.23. The standard InChI is InChI=1S/C22H19Cl2FN4O2/c23-16-5-7-18(8-6-16)29-22(31)20(24)19(14-26-29)27-9-2-10-28(12-11-27)21(30)15-3-1-4-17(25)13-15/h1,3-8,13-14H,2,9-12H2. The maximum absolute atomic E-state index is 13.5. The first-order valence-electron chi connectivity index (χ1n) is 9.77. The number of aromatic nitrogens is 2. The summed E-state index contributed by atoms with van der Waals surface area (Å²) in [7, 11) is 0. The number of carbonyl (C=O) groups excluding carboxylic acids is 1. The van der Waals surface area contributed by atoms with Crippen LogP contribution in [0.1, 0.15) is 16.8 Å². The minimum atomic E-state index is -0.443. The molecule has 4 rings (SSSR count). The second-order valence-electron chi connectivity index (χ2n) is 7.18. The zero-order valence-corrected chi connectivity index (χ0v) is 18.0. The van der Waals surface area contributed by atoms with Crippen molar-refractivity contribution in [1.29, 1.82) is 0 Å². The molecule has 2 heterocycles. The zero-order chi connectivity index (χ0) is 22.0. The monoisotopic (exact) mass is 460 g/mol. The van der Waals surface area contributed by atoms with Gasteiger partial charge < -0.3 is 9.80 Å². The second-order valence-corrected chi connectivity index (χ2v) is 7.99. The molecule has 1 aliphatic heterocycles. The lowest BCUT2D eigenvalue weighted by Gasteiger charge is -2.24. The zero-order valence-electron chi connectivity index (χ0n) is 16.5. The molecule has 0 spiro atoms. The van der Waals surface area contributed by atoms with Crippen LogP contribution in [0.25, 0.3) is 5.69 Å². The molecule has 6 nitrogen and oxygen atoms in total. The molecule has 9 heteroatoms. The van der Waals surface area contributed by atoms with E-state index in [9.17, 15) is 14.0 Å². The first kappa shape index (κ1) is 21.3. The largest absolute Gasteiger partial charge is 0.367 e. The van der Waals surface area contributed by atoms with Crippen LogP contribution in [0.4, 0.5) is 10.1 Å². The molecule has 0 unspecified atom stereocenters. The molecule has 1 aromatic heterocycles. The lowest BCUT2D eigenvalue weighted by molar-refractivity contribution is 0.0766. The molecule has 0 atom stereocenters. The number of hydrogen-bond donors (Lipinski definition) is 0. The van der Waals surface area contributed by atoms with Gasteiger partial charge in [-0.15, -0.1) is 0 Å². The predicted octanol–water partition coefficient (Wildman–Crippen LogP) is 4.03. The number of carbonyl (C=O) groups is 1. The van der Waals surface area contributed by atoms with E-state index >= 15 is 0 Å². The highest BCUT2D eigenvalue weighted by atomic mass is 35.5. The molecule has 31 heavy (non-hydrogen) atoms. The third-order valence-corrected chi connectivity index (χ3v) is 5.77. The fourth-order valence-corrected chi connectivity index (χ4v) is 3.95. The van der Waals surface area contributed by atoms with Gasteiger partial charge >= 0.3 is 0 Å². The molecule has 2 aromatic carbocycles. The molecule has 0 saturated carbocycles. The Bertz CT molecular complexity index is 1170. The normalized spacial score (nSPS) is 14.4. The number of hydrogen-bond acceptors (Lipinski definition) is 4. The van der Waals surface area contributed by atoms with Gasteiger partial charge in [0.1, 0.15) is 10.8 Å². The number of anilines is 1. The van der Waals surface area contributed by atoms with Crippen molar-refractivity contribution in [3.63, 3.8) is 0 Å². The molecule has 1 aliphatic rings. The first-order valence-corrected chi connectivity index (χ1v) is 10.5. The summed E-state index contributed by atoms with van der Waals surface area (Å²) in [5, 5.41) is 4.89. The third-order valence-electron chi connectivity index (χ3n) is 5.17. The van der Waals surface area contributed by atoms with Gasteiger partial charge in [0.05, 0.1) is 17.6 Å². The molecule has 1 fully saturated rings. The third kappa shape index (κ3) is 4.57. The number of halogens is 3. The van der Waals surface area contributed by atoms with Gasteiger partial charge in [0.2, 0.25) is 0 Å². The maximum Gasteiger partial charge on any atom is 0.292 e. The summed E-state index contributed by atoms with van der Waals surface area (Å²) >= 11 is 12.3. The van der Waals surface area contributed by atoms with Crippen LogP contribution < -0.4 is 10.5 Å². The Hall–Kier alpha value is -2.90. The van der Waals surface area contributed by atoms with Crippen LogP contribution in [-0.2, 0) is 0 Å². The van der Waals surface area contributed by atoms with E-state index in [0.717, 1.165) is 0 Å². The molecule has 0 radical (unpaired) electrons. The maximum atomic E-state index is 13.5. The fraction of sp³-hybridized carbons (Fsp3) is 0.227. The van der Waals surface area contributed by atoms with Gasteiger partial charge in [-0.3, -0.25) is 9.59 Å². The van der Waals surface area contributed by atoms with Gasteiger partial charge in [-0.05, 0) is 48.9 Å². The van der Waals surface area contributed by atoms with Gasteiger partial charge in [-0.2, -0.15) is 9.78 Å². The fourth-order valence-electron chi connectivity index (χ4n) is 3.58. The molecular formula is C22H19Cl2FN4O2. The lowest BCUT2D eigenvalue weighted by atomic mass is 10.2. The molecule has 160 valence electrons. The number of nitrogens with zero attached hydrogens (tertiary/aromatic N) is 4. The van der Waals surface area contributed by atoms with E-state index in [2.05, 4.69) is 5.10 Å². The van der Waals surface area contributed by atoms with Crippen LogP contribution in [0.5, 0.6) is 0 Å². The number of rotatable bonds is 3. The van der Waals surface area contributed by atoms with E-state index in [0.29, 0.717) is 54.6 Å². The van der Waals surface area contributed by atoms with E-state index in [4.69, 9.17) is 23.2 Å². The highest BCUT2D eigenvalue weighted by Crippen LogP contribution is 2.24. The van der Waals surface area contributed by atoms with Crippen LogP contribution >= 0.6 is 23.2 Å². The Kier molecular flexibility index (Phi) is 6.25. The summed E-state index contributed by atoms with van der Waals surface area (Å²) in [5.74, 6) is -0.662. The predicted molar refractivity (Wildman–Crippen MR) is 119 cm³/mol. The van der Waals surface area contributed by atoms with E-state index < -0.39 is 11.4 Å². The topological polar surface area (TPSA) is 58.4 Å². The first-order chi connectivity index (χ1) is 14.9. The lowest BCUT2D eigenvalue weighted by Crippen LogP contribution is -2.36. The van der Waals surface area contributed by atoms with E-state index in [1.165, 1.54) is 22.9 Å². The van der Waals surface area contributed by atoms with Crippen molar-refractivity contribution in [3.8, 4) is 5.69 Å². The van der Waals surface area contributed by atoms with E-state index in [-0.39, 0.29) is 10.9 Å². The highest BCUT2D eigenvalue weighted by molar-refractivity contribution is 6.33. The van der Waals surface area contributed by atoms with Gasteiger partial charge in [0.25, 0.3) is 11.5 Å². The van der Waals surface area contributed by atoms with Crippen molar-refractivity contribution in [3.05, 3.63) is 86.5 Å². The average Bonchev–Trinajstić information content (AvgIpc) is 3.02. The SMILES string of the molecule is O=C(c1cccc(F)c1)N1CCCN(c2cnn(-c3ccc(Cl)cc3)c(=O)c2Cl)CC1. The summed E-state index contributed by atoms with van der Waals surface area (Å²) in [6.07, 6.45) is 2.24.